The molecule has 1 aromatic rings. The molecule has 3 N–H and O–H groups in total. The first-order chi connectivity index (χ1) is 12.6. The summed E-state index contributed by atoms with van der Waals surface area (Å²) in [7, 11) is 0. The molecule has 0 unspecified atom stereocenters. The average molecular weight is 380 g/mol. The van der Waals surface area contributed by atoms with Crippen molar-refractivity contribution in [2.24, 2.45) is 5.16 Å². The van der Waals surface area contributed by atoms with Crippen molar-refractivity contribution in [1.82, 2.24) is 16.2 Å². The Morgan fingerprint density at radius 1 is 1.27 bits per heavy atom. The second-order valence-corrected chi connectivity index (χ2v) is 6.06. The van der Waals surface area contributed by atoms with E-state index in [9.17, 15) is 4.79 Å². The molecule has 26 heavy (non-hydrogen) atoms. The van der Waals surface area contributed by atoms with Crippen LogP contribution in [0.2, 0.25) is 0 Å². The number of nitrogens with one attached hydrogen (secondary N) is 3. The van der Waals surface area contributed by atoms with E-state index in [1.54, 1.807) is 6.92 Å². The Morgan fingerprint density at radius 3 is 2.88 bits per heavy atom. The van der Waals surface area contributed by atoms with Crippen LogP contribution in [0, 0.1) is 0 Å². The summed E-state index contributed by atoms with van der Waals surface area (Å²) < 4.78 is 10.6. The zero-order valence-electron chi connectivity index (χ0n) is 15.0. The molecule has 8 nitrogen and oxygen atoms in total. The zero-order valence-corrected chi connectivity index (χ0v) is 15.8. The number of carbonyl (C=O) groups is 1. The molecule has 0 saturated carbocycles. The van der Waals surface area contributed by atoms with Gasteiger partial charge in [-0.3, -0.25) is 15.6 Å². The van der Waals surface area contributed by atoms with Crippen LogP contribution in [0.3, 0.4) is 0 Å². The van der Waals surface area contributed by atoms with Crippen LogP contribution in [0.15, 0.2) is 23.4 Å². The Bertz CT molecular complexity index is 666. The van der Waals surface area contributed by atoms with Crippen molar-refractivity contribution in [3.8, 4) is 11.5 Å². The maximum Gasteiger partial charge on any atom is 0.279 e. The van der Waals surface area contributed by atoms with Gasteiger partial charge in [-0.25, -0.2) is 0 Å². The minimum Gasteiger partial charge on any atom is -0.454 e. The van der Waals surface area contributed by atoms with E-state index < -0.39 is 0 Å². The molecule has 0 bridgehead atoms. The van der Waals surface area contributed by atoms with Gasteiger partial charge in [0.05, 0.1) is 5.71 Å². The molecule has 0 saturated heterocycles. The zero-order chi connectivity index (χ0) is 18.8. The number of fused-ring (bicyclic) bond motifs is 1. The van der Waals surface area contributed by atoms with Crippen molar-refractivity contribution in [2.75, 3.05) is 19.9 Å². The first-order valence-electron chi connectivity index (χ1n) is 8.49. The molecule has 1 heterocycles. The molecule has 0 fully saturated rings. The SMILES string of the molecule is CCCCCNC(=S)NNC(=O)CO/N=C(/C)c1ccc2c(c1)OCO2. The van der Waals surface area contributed by atoms with E-state index in [0.717, 1.165) is 31.4 Å². The molecule has 142 valence electrons. The predicted molar refractivity (Wildman–Crippen MR) is 102 cm³/mol. The van der Waals surface area contributed by atoms with E-state index in [1.165, 1.54) is 0 Å². The Hall–Kier alpha value is -2.55. The number of rotatable bonds is 8. The molecule has 9 heteroatoms. The second-order valence-electron chi connectivity index (χ2n) is 5.65. The van der Waals surface area contributed by atoms with E-state index in [1.807, 2.05) is 18.2 Å². The van der Waals surface area contributed by atoms with Gasteiger partial charge in [-0.2, -0.15) is 0 Å². The van der Waals surface area contributed by atoms with Crippen molar-refractivity contribution >= 4 is 28.9 Å². The number of thiocarbonyl (C=S) groups is 1. The molecule has 1 aliphatic heterocycles. The maximum atomic E-state index is 11.7. The molecule has 0 aliphatic carbocycles. The van der Waals surface area contributed by atoms with Crippen LogP contribution >= 0.6 is 12.2 Å². The summed E-state index contributed by atoms with van der Waals surface area (Å²) in [6.45, 7) is 4.67. The maximum absolute atomic E-state index is 11.7. The number of ether oxygens (including phenoxy) is 2. The largest absolute Gasteiger partial charge is 0.454 e. The lowest BCUT2D eigenvalue weighted by atomic mass is 10.1. The second kappa shape index (κ2) is 10.4. The topological polar surface area (TPSA) is 93.2 Å². The normalized spacial score (nSPS) is 12.5. The molecule has 0 radical (unpaired) electrons. The number of hydrogen-bond acceptors (Lipinski definition) is 6. The number of oxime groups is 1. The summed E-state index contributed by atoms with van der Waals surface area (Å²) in [5.74, 6) is 0.982. The van der Waals surface area contributed by atoms with Crippen LogP contribution < -0.4 is 25.6 Å². The third-order valence-electron chi connectivity index (χ3n) is 3.57. The minimum atomic E-state index is -0.384. The summed E-state index contributed by atoms with van der Waals surface area (Å²) in [6, 6.07) is 5.47. The van der Waals surface area contributed by atoms with E-state index >= 15 is 0 Å². The van der Waals surface area contributed by atoms with E-state index in [4.69, 9.17) is 26.5 Å². The van der Waals surface area contributed by atoms with Crippen LogP contribution in [-0.2, 0) is 9.63 Å². The molecule has 2 rings (SSSR count). The van der Waals surface area contributed by atoms with Crippen molar-refractivity contribution in [3.05, 3.63) is 23.8 Å². The summed E-state index contributed by atoms with van der Waals surface area (Å²) in [5, 5.41) is 7.31. The number of hydrazine groups is 1. The molecule has 1 amide bonds. The molecule has 0 spiro atoms. The van der Waals surface area contributed by atoms with Gasteiger partial charge in [-0.1, -0.05) is 24.9 Å². The fourth-order valence-corrected chi connectivity index (χ4v) is 2.30. The third-order valence-corrected chi connectivity index (χ3v) is 3.82. The van der Waals surface area contributed by atoms with E-state index in [-0.39, 0.29) is 19.3 Å². The summed E-state index contributed by atoms with van der Waals surface area (Å²) in [4.78, 5) is 16.8. The van der Waals surface area contributed by atoms with E-state index in [2.05, 4.69) is 28.2 Å². The quantitative estimate of drug-likeness (QED) is 0.274. The molecule has 0 atom stereocenters. The summed E-state index contributed by atoms with van der Waals surface area (Å²) in [5.41, 5.74) is 6.51. The average Bonchev–Trinajstić information content (AvgIpc) is 3.11. The summed E-state index contributed by atoms with van der Waals surface area (Å²) in [6.07, 6.45) is 3.31. The Morgan fingerprint density at radius 2 is 2.08 bits per heavy atom. The van der Waals surface area contributed by atoms with Gasteiger partial charge in [0, 0.05) is 12.1 Å². The number of amides is 1. The lowest BCUT2D eigenvalue weighted by Crippen LogP contribution is -2.48. The minimum absolute atomic E-state index is 0.216. The third kappa shape index (κ3) is 6.40. The Balaban J connectivity index is 1.67. The van der Waals surface area contributed by atoms with Crippen molar-refractivity contribution in [3.63, 3.8) is 0 Å². The highest BCUT2D eigenvalue weighted by molar-refractivity contribution is 7.80. The fraction of sp³-hybridized carbons (Fsp3) is 0.471. The Kier molecular flexibility index (Phi) is 7.94. The summed E-state index contributed by atoms with van der Waals surface area (Å²) >= 11 is 5.05. The molecule has 0 aromatic heterocycles. The number of carbonyl (C=O) groups excluding carboxylic acids is 1. The number of nitrogens with zero attached hydrogens (tertiary/aromatic N) is 1. The fourth-order valence-electron chi connectivity index (χ4n) is 2.15. The van der Waals surface area contributed by atoms with Gasteiger partial charge in [0.1, 0.15) is 0 Å². The monoisotopic (exact) mass is 380 g/mol. The lowest BCUT2D eigenvalue weighted by molar-refractivity contribution is -0.126. The molecule has 1 aliphatic rings. The predicted octanol–water partition coefficient (Wildman–Crippen LogP) is 1.84. The standard InChI is InChI=1S/C17H24N4O4S/c1-3-4-5-8-18-17(26)20-19-16(22)10-25-21-12(2)13-6-7-14-15(9-13)24-11-23-14/h6-7,9H,3-5,8,10-11H2,1-2H3,(H,19,22)(H2,18,20,26)/b21-12-. The van der Waals surface area contributed by atoms with E-state index in [0.29, 0.717) is 22.3 Å². The van der Waals surface area contributed by atoms with Crippen molar-refractivity contribution < 1.29 is 19.1 Å². The smallest absolute Gasteiger partial charge is 0.279 e. The Labute approximate surface area is 158 Å². The van der Waals surface area contributed by atoms with Gasteiger partial charge in [-0.05, 0) is 43.8 Å². The van der Waals surface area contributed by atoms with Gasteiger partial charge < -0.3 is 19.6 Å². The number of unbranched alkanes of at least 4 members (excludes halogenated alkanes) is 2. The van der Waals surface area contributed by atoms with Crippen LogP contribution in [0.25, 0.3) is 0 Å². The van der Waals surface area contributed by atoms with Gasteiger partial charge in [0.15, 0.2) is 23.2 Å². The van der Waals surface area contributed by atoms with Crippen LogP contribution in [0.5, 0.6) is 11.5 Å². The van der Waals surface area contributed by atoms with Gasteiger partial charge >= 0.3 is 0 Å². The van der Waals surface area contributed by atoms with Crippen molar-refractivity contribution in [2.45, 2.75) is 33.1 Å². The van der Waals surface area contributed by atoms with Gasteiger partial charge in [0.25, 0.3) is 5.91 Å². The highest BCUT2D eigenvalue weighted by atomic mass is 32.1. The van der Waals surface area contributed by atoms with Crippen LogP contribution in [-0.4, -0.2) is 36.7 Å². The van der Waals surface area contributed by atoms with Crippen LogP contribution in [0.1, 0.15) is 38.7 Å². The van der Waals surface area contributed by atoms with Crippen molar-refractivity contribution in [1.29, 1.82) is 0 Å². The molecular formula is C17H24N4O4S. The number of benzene rings is 1. The number of hydrogen-bond donors (Lipinski definition) is 3. The van der Waals surface area contributed by atoms with Gasteiger partial charge in [0.2, 0.25) is 6.79 Å². The first-order valence-corrected chi connectivity index (χ1v) is 8.90. The highest BCUT2D eigenvalue weighted by Gasteiger charge is 2.14. The lowest BCUT2D eigenvalue weighted by Gasteiger charge is -2.11. The van der Waals surface area contributed by atoms with Crippen LogP contribution in [0.4, 0.5) is 0 Å². The highest BCUT2D eigenvalue weighted by Crippen LogP contribution is 2.32. The van der Waals surface area contributed by atoms with Gasteiger partial charge in [-0.15, -0.1) is 0 Å². The molecular weight excluding hydrogens is 356 g/mol. The molecule has 1 aromatic carbocycles. The first kappa shape index (κ1) is 19.8.